The standard InChI is InChI=1S/C16H16N6O5S/c1-26-14-8(9(7-4-5-7)17-6-18-14)11-20-12-10(15(22-11)28(3,24)25)19-13(21-12)16(23)27-2/h6-7H,4-5H2,1-3H3,(H,19,20,21,22). The van der Waals surface area contributed by atoms with Gasteiger partial charge in [-0.2, -0.15) is 0 Å². The molecule has 0 amide bonds. The molecule has 0 saturated heterocycles. The zero-order valence-electron chi connectivity index (χ0n) is 15.3. The van der Waals surface area contributed by atoms with Crippen LogP contribution in [0.4, 0.5) is 0 Å². The van der Waals surface area contributed by atoms with E-state index in [1.165, 1.54) is 20.5 Å². The molecular weight excluding hydrogens is 388 g/mol. The van der Waals surface area contributed by atoms with Crippen LogP contribution in [0, 0.1) is 0 Å². The van der Waals surface area contributed by atoms with Gasteiger partial charge in [0.2, 0.25) is 11.7 Å². The van der Waals surface area contributed by atoms with E-state index < -0.39 is 15.8 Å². The van der Waals surface area contributed by atoms with Crippen LogP contribution in [0.3, 0.4) is 0 Å². The second-order valence-corrected chi connectivity index (χ2v) is 8.25. The van der Waals surface area contributed by atoms with E-state index in [9.17, 15) is 13.2 Å². The van der Waals surface area contributed by atoms with Crippen molar-refractivity contribution in [3.05, 3.63) is 17.8 Å². The first-order valence-electron chi connectivity index (χ1n) is 8.28. The summed E-state index contributed by atoms with van der Waals surface area (Å²) in [5.41, 5.74) is 1.14. The van der Waals surface area contributed by atoms with Crippen LogP contribution in [0.1, 0.15) is 35.1 Å². The molecular formula is C16H16N6O5S. The van der Waals surface area contributed by atoms with Gasteiger partial charge in [-0.25, -0.2) is 38.1 Å². The molecule has 1 aliphatic carbocycles. The molecule has 0 radical (unpaired) electrons. The average molecular weight is 404 g/mol. The van der Waals surface area contributed by atoms with Crippen LogP contribution in [0.25, 0.3) is 22.6 Å². The van der Waals surface area contributed by atoms with E-state index in [4.69, 9.17) is 4.74 Å². The number of aromatic nitrogens is 6. The van der Waals surface area contributed by atoms with Crippen LogP contribution in [-0.2, 0) is 14.6 Å². The molecule has 11 nitrogen and oxygen atoms in total. The number of nitrogens with zero attached hydrogens (tertiary/aromatic N) is 5. The Morgan fingerprint density at radius 3 is 2.54 bits per heavy atom. The lowest BCUT2D eigenvalue weighted by atomic mass is 10.1. The minimum atomic E-state index is -3.77. The Morgan fingerprint density at radius 2 is 1.93 bits per heavy atom. The number of carbonyl (C=O) groups excluding carboxylic acids is 1. The maximum absolute atomic E-state index is 12.3. The van der Waals surface area contributed by atoms with Gasteiger partial charge in [-0.3, -0.25) is 0 Å². The van der Waals surface area contributed by atoms with E-state index >= 15 is 0 Å². The van der Waals surface area contributed by atoms with E-state index in [1.54, 1.807) is 0 Å². The summed E-state index contributed by atoms with van der Waals surface area (Å²) in [6.07, 6.45) is 4.29. The molecule has 0 unspecified atom stereocenters. The Bertz CT molecular complexity index is 1200. The number of fused-ring (bicyclic) bond motifs is 1. The predicted molar refractivity (Wildman–Crippen MR) is 95.7 cm³/mol. The van der Waals surface area contributed by atoms with Crippen molar-refractivity contribution in [3.63, 3.8) is 0 Å². The third-order valence-electron chi connectivity index (χ3n) is 4.27. The largest absolute Gasteiger partial charge is 0.480 e. The zero-order valence-corrected chi connectivity index (χ0v) is 16.1. The second kappa shape index (κ2) is 6.48. The van der Waals surface area contributed by atoms with E-state index in [1.807, 2.05) is 0 Å². The number of H-pyrrole nitrogens is 1. The first-order chi connectivity index (χ1) is 13.3. The van der Waals surface area contributed by atoms with Crippen molar-refractivity contribution >= 4 is 27.0 Å². The van der Waals surface area contributed by atoms with Gasteiger partial charge in [0, 0.05) is 12.2 Å². The molecule has 0 aliphatic heterocycles. The molecule has 3 aromatic heterocycles. The molecule has 1 aliphatic rings. The number of hydrogen-bond acceptors (Lipinski definition) is 10. The van der Waals surface area contributed by atoms with Crippen molar-refractivity contribution in [2.45, 2.75) is 23.8 Å². The predicted octanol–water partition coefficient (Wildman–Crippen LogP) is 0.886. The fourth-order valence-corrected chi connectivity index (χ4v) is 3.62. The van der Waals surface area contributed by atoms with Gasteiger partial charge in [-0.1, -0.05) is 0 Å². The van der Waals surface area contributed by atoms with Crippen molar-refractivity contribution in [3.8, 4) is 17.3 Å². The molecule has 0 bridgehead atoms. The Balaban J connectivity index is 2.03. The van der Waals surface area contributed by atoms with Crippen molar-refractivity contribution in [1.82, 2.24) is 29.9 Å². The third kappa shape index (κ3) is 3.05. The van der Waals surface area contributed by atoms with Crippen molar-refractivity contribution in [2.24, 2.45) is 0 Å². The van der Waals surface area contributed by atoms with Crippen LogP contribution in [0.2, 0.25) is 0 Å². The topological polar surface area (TPSA) is 150 Å². The molecule has 28 heavy (non-hydrogen) atoms. The lowest BCUT2D eigenvalue weighted by molar-refractivity contribution is 0.0588. The van der Waals surface area contributed by atoms with Gasteiger partial charge in [0.05, 0.1) is 19.9 Å². The van der Waals surface area contributed by atoms with Crippen molar-refractivity contribution in [2.75, 3.05) is 20.5 Å². The zero-order chi connectivity index (χ0) is 20.1. The number of aromatic amines is 1. The molecule has 146 valence electrons. The molecule has 0 aromatic carbocycles. The molecule has 3 aromatic rings. The minimum absolute atomic E-state index is 0.0125. The van der Waals surface area contributed by atoms with Crippen LogP contribution in [0.15, 0.2) is 11.4 Å². The summed E-state index contributed by atoms with van der Waals surface area (Å²) < 4.78 is 34.7. The first-order valence-corrected chi connectivity index (χ1v) is 10.2. The van der Waals surface area contributed by atoms with Crippen molar-refractivity contribution < 1.29 is 22.7 Å². The van der Waals surface area contributed by atoms with E-state index in [0.29, 0.717) is 11.3 Å². The molecule has 12 heteroatoms. The smallest absolute Gasteiger partial charge is 0.374 e. The number of rotatable bonds is 5. The highest BCUT2D eigenvalue weighted by atomic mass is 32.2. The number of imidazole rings is 1. The molecule has 1 fully saturated rings. The van der Waals surface area contributed by atoms with Gasteiger partial charge in [0.25, 0.3) is 0 Å². The number of esters is 1. The highest BCUT2D eigenvalue weighted by Crippen LogP contribution is 2.45. The van der Waals surface area contributed by atoms with Gasteiger partial charge < -0.3 is 14.5 Å². The maximum Gasteiger partial charge on any atom is 0.374 e. The van der Waals surface area contributed by atoms with Gasteiger partial charge in [0.15, 0.2) is 26.3 Å². The highest BCUT2D eigenvalue weighted by molar-refractivity contribution is 7.90. The van der Waals surface area contributed by atoms with Crippen molar-refractivity contribution in [1.29, 1.82) is 0 Å². The van der Waals surface area contributed by atoms with Crippen LogP contribution >= 0.6 is 0 Å². The number of hydrogen-bond donors (Lipinski definition) is 1. The lowest BCUT2D eigenvalue weighted by Gasteiger charge is -2.11. The molecule has 0 spiro atoms. The van der Waals surface area contributed by atoms with Gasteiger partial charge in [-0.15, -0.1) is 0 Å². The van der Waals surface area contributed by atoms with E-state index in [0.717, 1.165) is 19.1 Å². The normalized spacial score (nSPS) is 14.2. The SMILES string of the molecule is COC(=O)c1nc2nc(-c3c(OC)ncnc3C3CC3)nc(S(C)(=O)=O)c2[nH]1. The number of ether oxygens (including phenoxy) is 2. The Labute approximate surface area is 159 Å². The summed E-state index contributed by atoms with van der Waals surface area (Å²) in [6.45, 7) is 0. The first kappa shape index (κ1) is 18.2. The lowest BCUT2D eigenvalue weighted by Crippen LogP contribution is -2.07. The summed E-state index contributed by atoms with van der Waals surface area (Å²) in [5.74, 6) is -0.418. The Hall–Kier alpha value is -3.15. The Kier molecular flexibility index (Phi) is 4.22. The molecule has 1 N–H and O–H groups in total. The fourth-order valence-electron chi connectivity index (χ4n) is 2.86. The van der Waals surface area contributed by atoms with Crippen LogP contribution in [-0.4, -0.2) is 64.8 Å². The summed E-state index contributed by atoms with van der Waals surface area (Å²) in [7, 11) is -1.13. The molecule has 3 heterocycles. The average Bonchev–Trinajstić information content (AvgIpc) is 3.43. The quantitative estimate of drug-likeness (QED) is 0.479. The van der Waals surface area contributed by atoms with Crippen LogP contribution < -0.4 is 4.74 Å². The summed E-state index contributed by atoms with van der Waals surface area (Å²) in [5, 5.41) is -0.289. The third-order valence-corrected chi connectivity index (χ3v) is 5.27. The number of nitrogens with one attached hydrogen (secondary N) is 1. The Morgan fingerprint density at radius 1 is 1.18 bits per heavy atom. The van der Waals surface area contributed by atoms with Crippen LogP contribution in [0.5, 0.6) is 5.88 Å². The molecule has 1 saturated carbocycles. The van der Waals surface area contributed by atoms with E-state index in [-0.39, 0.29) is 39.6 Å². The maximum atomic E-state index is 12.3. The number of sulfone groups is 1. The van der Waals surface area contributed by atoms with Gasteiger partial charge in [0.1, 0.15) is 17.4 Å². The highest BCUT2D eigenvalue weighted by Gasteiger charge is 2.32. The summed E-state index contributed by atoms with van der Waals surface area (Å²) in [6, 6.07) is 0. The number of carbonyl (C=O) groups is 1. The summed E-state index contributed by atoms with van der Waals surface area (Å²) in [4.78, 5) is 35.5. The fraction of sp³-hybridized carbons (Fsp3) is 0.375. The summed E-state index contributed by atoms with van der Waals surface area (Å²) >= 11 is 0. The minimum Gasteiger partial charge on any atom is -0.480 e. The monoisotopic (exact) mass is 404 g/mol. The van der Waals surface area contributed by atoms with E-state index in [2.05, 4.69) is 34.6 Å². The number of methoxy groups -OCH3 is 2. The molecule has 0 atom stereocenters. The van der Waals surface area contributed by atoms with Gasteiger partial charge >= 0.3 is 5.97 Å². The molecule has 4 rings (SSSR count). The van der Waals surface area contributed by atoms with Gasteiger partial charge in [-0.05, 0) is 12.8 Å². The second-order valence-electron chi connectivity index (χ2n) is 6.32.